The second-order valence-corrected chi connectivity index (χ2v) is 12.5. The van der Waals surface area contributed by atoms with Crippen LogP contribution in [0.5, 0.6) is 0 Å². The molecule has 1 aromatic heterocycles. The molecule has 0 bridgehead atoms. The lowest BCUT2D eigenvalue weighted by Crippen LogP contribution is -2.10. The molecular formula is C46H30N2. The van der Waals surface area contributed by atoms with E-state index < -0.39 is 0 Å². The van der Waals surface area contributed by atoms with E-state index >= 15 is 0 Å². The molecule has 0 atom stereocenters. The van der Waals surface area contributed by atoms with Crippen molar-refractivity contribution >= 4 is 49.6 Å². The summed E-state index contributed by atoms with van der Waals surface area (Å²) in [5, 5.41) is 5.03. The van der Waals surface area contributed by atoms with Gasteiger partial charge in [-0.15, -0.1) is 0 Å². The summed E-state index contributed by atoms with van der Waals surface area (Å²) < 4.78 is 2.45. The Balaban J connectivity index is 1.30. The van der Waals surface area contributed by atoms with Gasteiger partial charge in [0.15, 0.2) is 0 Å². The zero-order chi connectivity index (χ0) is 31.6. The minimum Gasteiger partial charge on any atom is -0.309 e. The van der Waals surface area contributed by atoms with Gasteiger partial charge in [-0.1, -0.05) is 133 Å². The molecule has 9 aromatic rings. The normalized spacial score (nSPS) is 12.1. The van der Waals surface area contributed by atoms with Crippen LogP contribution in [0.1, 0.15) is 0 Å². The Morgan fingerprint density at radius 1 is 0.354 bits per heavy atom. The molecule has 2 heterocycles. The second kappa shape index (κ2) is 10.6. The second-order valence-electron chi connectivity index (χ2n) is 12.5. The lowest BCUT2D eigenvalue weighted by molar-refractivity contribution is 1.18. The number of anilines is 3. The van der Waals surface area contributed by atoms with Crippen LogP contribution in [-0.4, -0.2) is 4.57 Å². The third-order valence-corrected chi connectivity index (χ3v) is 9.91. The van der Waals surface area contributed by atoms with Crippen molar-refractivity contribution in [2.45, 2.75) is 0 Å². The molecule has 0 spiro atoms. The van der Waals surface area contributed by atoms with E-state index in [4.69, 9.17) is 0 Å². The highest BCUT2D eigenvalue weighted by molar-refractivity contribution is 6.21. The summed E-state index contributed by atoms with van der Waals surface area (Å²) in [5.41, 5.74) is 14.5. The van der Waals surface area contributed by atoms with E-state index in [1.165, 1.54) is 77.3 Å². The van der Waals surface area contributed by atoms with Crippen molar-refractivity contribution in [3.8, 4) is 39.1 Å². The third kappa shape index (κ3) is 3.93. The smallest absolute Gasteiger partial charge is 0.0548 e. The first-order valence-corrected chi connectivity index (χ1v) is 16.5. The zero-order valence-electron chi connectivity index (χ0n) is 26.2. The molecule has 0 saturated carbocycles. The van der Waals surface area contributed by atoms with E-state index in [2.05, 4.69) is 191 Å². The highest BCUT2D eigenvalue weighted by atomic mass is 15.2. The number of nitrogens with zero attached hydrogens (tertiary/aromatic N) is 2. The first-order chi connectivity index (χ1) is 23.8. The van der Waals surface area contributed by atoms with Crippen LogP contribution in [0.3, 0.4) is 0 Å². The quantitative estimate of drug-likeness (QED) is 0.193. The summed E-state index contributed by atoms with van der Waals surface area (Å²) in [6, 6.07) is 66.3. The first kappa shape index (κ1) is 26.8. The third-order valence-electron chi connectivity index (χ3n) is 9.91. The van der Waals surface area contributed by atoms with Crippen LogP contribution >= 0.6 is 0 Å². The highest BCUT2D eigenvalue weighted by Gasteiger charge is 2.29. The maximum atomic E-state index is 2.45. The molecule has 224 valence electrons. The Kier molecular flexibility index (Phi) is 5.91. The van der Waals surface area contributed by atoms with Crippen LogP contribution in [0.15, 0.2) is 182 Å². The van der Waals surface area contributed by atoms with Crippen LogP contribution < -0.4 is 4.90 Å². The van der Waals surface area contributed by atoms with E-state index in [1.54, 1.807) is 0 Å². The van der Waals surface area contributed by atoms with Gasteiger partial charge in [0.2, 0.25) is 0 Å². The summed E-state index contributed by atoms with van der Waals surface area (Å²) in [6.45, 7) is 0. The van der Waals surface area contributed by atoms with Gasteiger partial charge >= 0.3 is 0 Å². The van der Waals surface area contributed by atoms with Gasteiger partial charge in [-0.25, -0.2) is 0 Å². The highest BCUT2D eigenvalue weighted by Crippen LogP contribution is 2.54. The van der Waals surface area contributed by atoms with Gasteiger partial charge in [-0.05, 0) is 81.6 Å². The lowest BCUT2D eigenvalue weighted by atomic mass is 9.92. The van der Waals surface area contributed by atoms with Crippen LogP contribution in [0.2, 0.25) is 0 Å². The van der Waals surface area contributed by atoms with Crippen molar-refractivity contribution in [3.05, 3.63) is 182 Å². The van der Waals surface area contributed by atoms with Gasteiger partial charge in [0.25, 0.3) is 0 Å². The van der Waals surface area contributed by atoms with Crippen molar-refractivity contribution < 1.29 is 0 Å². The molecule has 1 aliphatic rings. The molecule has 0 fully saturated rings. The maximum absolute atomic E-state index is 2.45. The molecule has 0 aliphatic carbocycles. The van der Waals surface area contributed by atoms with E-state index in [0.29, 0.717) is 0 Å². The minimum atomic E-state index is 1.14. The van der Waals surface area contributed by atoms with Gasteiger partial charge in [-0.3, -0.25) is 0 Å². The molecule has 2 heteroatoms. The summed E-state index contributed by atoms with van der Waals surface area (Å²) in [4.78, 5) is 2.44. The molecule has 2 nitrogen and oxygen atoms in total. The Morgan fingerprint density at radius 3 is 1.90 bits per heavy atom. The van der Waals surface area contributed by atoms with Crippen LogP contribution in [0.25, 0.3) is 71.6 Å². The fourth-order valence-electron chi connectivity index (χ4n) is 7.89. The molecular weight excluding hydrogens is 581 g/mol. The minimum absolute atomic E-state index is 1.14. The topological polar surface area (TPSA) is 8.17 Å². The van der Waals surface area contributed by atoms with Crippen molar-refractivity contribution in [2.75, 3.05) is 4.90 Å². The van der Waals surface area contributed by atoms with Gasteiger partial charge < -0.3 is 9.47 Å². The Bertz CT molecular complexity index is 2680. The molecule has 0 radical (unpaired) electrons. The fourth-order valence-corrected chi connectivity index (χ4v) is 7.89. The molecule has 0 unspecified atom stereocenters. The summed E-state index contributed by atoms with van der Waals surface area (Å²) in [5.74, 6) is 0. The number of para-hydroxylation sites is 3. The number of aromatic nitrogens is 1. The molecule has 1 aliphatic heterocycles. The van der Waals surface area contributed by atoms with Crippen LogP contribution in [0.4, 0.5) is 17.1 Å². The van der Waals surface area contributed by atoms with Crippen molar-refractivity contribution in [1.29, 1.82) is 0 Å². The summed E-state index contributed by atoms with van der Waals surface area (Å²) in [7, 11) is 0. The lowest BCUT2D eigenvalue weighted by Gasteiger charge is -2.27. The number of hydrogen-bond acceptors (Lipinski definition) is 1. The molecule has 10 rings (SSSR count). The monoisotopic (exact) mass is 610 g/mol. The number of rotatable bonds is 3. The Labute approximate surface area is 279 Å². The van der Waals surface area contributed by atoms with E-state index in [-0.39, 0.29) is 0 Å². The molecule has 0 N–H and O–H groups in total. The zero-order valence-corrected chi connectivity index (χ0v) is 26.2. The molecule has 0 saturated heterocycles. The standard InChI is InChI=1S/C46H30N2/c1-2-17-33(18-3-1)47-41-26-10-8-22-38(41)37-21-6-7-23-39(37)45-43(47)28-29-44-46(45)40-24-9-11-27-42(40)48(44)34-19-12-16-32(30-34)36-25-13-15-31-14-4-5-20-35(31)36/h1-30H. The first-order valence-electron chi connectivity index (χ1n) is 16.5. The predicted octanol–water partition coefficient (Wildman–Crippen LogP) is 12.7. The number of benzene rings is 8. The van der Waals surface area contributed by atoms with E-state index in [1.807, 2.05) is 0 Å². The summed E-state index contributed by atoms with van der Waals surface area (Å²) in [6.07, 6.45) is 0. The molecule has 48 heavy (non-hydrogen) atoms. The number of fused-ring (bicyclic) bond motifs is 10. The van der Waals surface area contributed by atoms with Crippen molar-refractivity contribution in [1.82, 2.24) is 4.57 Å². The SMILES string of the molecule is c1ccc(N2c3ccccc3-c3ccccc3-c3c2ccc2c3c3ccccc3n2-c2cccc(-c3cccc4ccccc34)c2)cc1. The Hall–Kier alpha value is -6.38. The van der Waals surface area contributed by atoms with Gasteiger partial charge in [-0.2, -0.15) is 0 Å². The van der Waals surface area contributed by atoms with Gasteiger partial charge in [0.1, 0.15) is 0 Å². The Morgan fingerprint density at radius 2 is 1.00 bits per heavy atom. The maximum Gasteiger partial charge on any atom is 0.0548 e. The van der Waals surface area contributed by atoms with Crippen LogP contribution in [0, 0.1) is 0 Å². The predicted molar refractivity (Wildman–Crippen MR) is 203 cm³/mol. The summed E-state index contributed by atoms with van der Waals surface area (Å²) >= 11 is 0. The average molecular weight is 611 g/mol. The number of hydrogen-bond donors (Lipinski definition) is 0. The molecule has 8 aromatic carbocycles. The fraction of sp³-hybridized carbons (Fsp3) is 0. The van der Waals surface area contributed by atoms with Crippen molar-refractivity contribution in [3.63, 3.8) is 0 Å². The van der Waals surface area contributed by atoms with Crippen molar-refractivity contribution in [2.24, 2.45) is 0 Å². The van der Waals surface area contributed by atoms with E-state index in [9.17, 15) is 0 Å². The largest absolute Gasteiger partial charge is 0.309 e. The average Bonchev–Trinajstić information content (AvgIpc) is 3.43. The van der Waals surface area contributed by atoms with Gasteiger partial charge in [0, 0.05) is 33.3 Å². The molecule has 0 amide bonds. The van der Waals surface area contributed by atoms with E-state index in [0.717, 1.165) is 11.4 Å². The van der Waals surface area contributed by atoms with Gasteiger partial charge in [0.05, 0.1) is 22.4 Å². The van der Waals surface area contributed by atoms with Crippen LogP contribution in [-0.2, 0) is 0 Å².